The van der Waals surface area contributed by atoms with Crippen molar-refractivity contribution in [2.75, 3.05) is 7.11 Å². The highest BCUT2D eigenvalue weighted by molar-refractivity contribution is 9.10. The van der Waals surface area contributed by atoms with E-state index in [9.17, 15) is 4.79 Å². The summed E-state index contributed by atoms with van der Waals surface area (Å²) in [7, 11) is 1.58. The fourth-order valence-corrected chi connectivity index (χ4v) is 1.63. The zero-order valence-electron chi connectivity index (χ0n) is 9.21. The Morgan fingerprint density at radius 3 is 2.67 bits per heavy atom. The van der Waals surface area contributed by atoms with Crippen LogP contribution in [0.4, 0.5) is 0 Å². The number of Topliss-reactive ketones (excluding diaryl/α,β-unsaturated/α-hetero) is 1. The molecule has 0 spiro atoms. The van der Waals surface area contributed by atoms with Gasteiger partial charge >= 0.3 is 0 Å². The molecule has 0 heterocycles. The van der Waals surface area contributed by atoms with Crippen molar-refractivity contribution < 1.29 is 9.53 Å². The van der Waals surface area contributed by atoms with Gasteiger partial charge in [0.05, 0.1) is 17.5 Å². The highest BCUT2D eigenvalue weighted by Crippen LogP contribution is 2.23. The van der Waals surface area contributed by atoms with Crippen molar-refractivity contribution in [3.05, 3.63) is 29.3 Å². The van der Waals surface area contributed by atoms with Crippen LogP contribution < -0.4 is 4.74 Å². The van der Waals surface area contributed by atoms with Crippen LogP contribution in [0.3, 0.4) is 0 Å². The molecule has 0 aromatic heterocycles. The van der Waals surface area contributed by atoms with E-state index in [1.165, 1.54) is 0 Å². The Balaban J connectivity index is 3.17. The zero-order valence-corrected chi connectivity index (χ0v) is 10.8. The van der Waals surface area contributed by atoms with Gasteiger partial charge in [0, 0.05) is 0 Å². The molecule has 0 saturated heterocycles. The van der Waals surface area contributed by atoms with E-state index in [1.54, 1.807) is 7.11 Å². The highest BCUT2D eigenvalue weighted by Gasteiger charge is 2.16. The second-order valence-electron chi connectivity index (χ2n) is 3.37. The van der Waals surface area contributed by atoms with Gasteiger partial charge in [0.15, 0.2) is 5.78 Å². The summed E-state index contributed by atoms with van der Waals surface area (Å²) in [5.41, 5.74) is 1.80. The summed E-state index contributed by atoms with van der Waals surface area (Å²) in [6.07, 6.45) is 0.918. The molecule has 1 aromatic carbocycles. The number of ketones is 1. The summed E-state index contributed by atoms with van der Waals surface area (Å²) in [5.74, 6) is 0.700. The van der Waals surface area contributed by atoms with Crippen molar-refractivity contribution in [1.82, 2.24) is 0 Å². The SMILES string of the molecule is CCc1ccc(OC)c(C(=O)C(C)Br)c1. The first-order valence-corrected chi connectivity index (χ1v) is 5.87. The largest absolute Gasteiger partial charge is 0.496 e. The number of methoxy groups -OCH3 is 1. The van der Waals surface area contributed by atoms with Gasteiger partial charge in [0.2, 0.25) is 0 Å². The van der Waals surface area contributed by atoms with E-state index >= 15 is 0 Å². The molecule has 0 radical (unpaired) electrons. The number of halogens is 1. The molecule has 1 aromatic rings. The Bertz CT molecular complexity index is 359. The molecule has 82 valence electrons. The Morgan fingerprint density at radius 1 is 1.53 bits per heavy atom. The smallest absolute Gasteiger partial charge is 0.179 e. The van der Waals surface area contributed by atoms with Gasteiger partial charge in [0.25, 0.3) is 0 Å². The molecule has 1 rings (SSSR count). The van der Waals surface area contributed by atoms with Crippen molar-refractivity contribution in [2.24, 2.45) is 0 Å². The second-order valence-corrected chi connectivity index (χ2v) is 4.74. The molecule has 0 fully saturated rings. The third-order valence-corrected chi connectivity index (χ3v) is 2.71. The molecule has 0 aliphatic carbocycles. The van der Waals surface area contributed by atoms with Crippen LogP contribution in [0.15, 0.2) is 18.2 Å². The van der Waals surface area contributed by atoms with E-state index in [0.29, 0.717) is 11.3 Å². The summed E-state index contributed by atoms with van der Waals surface area (Å²) in [6, 6.07) is 5.73. The average Bonchev–Trinajstić information content (AvgIpc) is 2.27. The van der Waals surface area contributed by atoms with E-state index in [1.807, 2.05) is 25.1 Å². The molecule has 0 bridgehead atoms. The number of benzene rings is 1. The molecular weight excluding hydrogens is 256 g/mol. The van der Waals surface area contributed by atoms with Crippen LogP contribution in [0.25, 0.3) is 0 Å². The van der Waals surface area contributed by atoms with Gasteiger partial charge in [0.1, 0.15) is 5.75 Å². The van der Waals surface area contributed by atoms with Crippen LogP contribution in [0.1, 0.15) is 29.8 Å². The highest BCUT2D eigenvalue weighted by atomic mass is 79.9. The van der Waals surface area contributed by atoms with Crippen LogP contribution >= 0.6 is 15.9 Å². The van der Waals surface area contributed by atoms with E-state index < -0.39 is 0 Å². The number of ether oxygens (including phenoxy) is 1. The van der Waals surface area contributed by atoms with Crippen LogP contribution in [-0.2, 0) is 6.42 Å². The van der Waals surface area contributed by atoms with Gasteiger partial charge in [-0.05, 0) is 31.0 Å². The van der Waals surface area contributed by atoms with Gasteiger partial charge < -0.3 is 4.74 Å². The number of rotatable bonds is 4. The van der Waals surface area contributed by atoms with Crippen molar-refractivity contribution in [2.45, 2.75) is 25.1 Å². The molecule has 15 heavy (non-hydrogen) atoms. The molecule has 1 unspecified atom stereocenters. The first kappa shape index (κ1) is 12.2. The standard InChI is InChI=1S/C12H15BrO2/c1-4-9-5-6-11(15-3)10(7-9)12(14)8(2)13/h5-8H,4H2,1-3H3. The molecular formula is C12H15BrO2. The van der Waals surface area contributed by atoms with Crippen molar-refractivity contribution in [3.63, 3.8) is 0 Å². The topological polar surface area (TPSA) is 26.3 Å². The minimum absolute atomic E-state index is 0.0575. The second kappa shape index (κ2) is 5.31. The predicted molar refractivity (Wildman–Crippen MR) is 65.1 cm³/mol. The van der Waals surface area contributed by atoms with Gasteiger partial charge in [-0.15, -0.1) is 0 Å². The molecule has 2 nitrogen and oxygen atoms in total. The van der Waals surface area contributed by atoms with Gasteiger partial charge in [-0.2, -0.15) is 0 Å². The zero-order chi connectivity index (χ0) is 11.4. The Morgan fingerprint density at radius 2 is 2.20 bits per heavy atom. The minimum atomic E-state index is -0.182. The lowest BCUT2D eigenvalue weighted by Gasteiger charge is -2.10. The van der Waals surface area contributed by atoms with Gasteiger partial charge in [-0.1, -0.05) is 28.9 Å². The Kier molecular flexibility index (Phi) is 4.33. The number of aryl methyl sites for hydroxylation is 1. The average molecular weight is 271 g/mol. The lowest BCUT2D eigenvalue weighted by atomic mass is 10.0. The molecule has 0 amide bonds. The Labute approximate surface area is 98.8 Å². The summed E-state index contributed by atoms with van der Waals surface area (Å²) < 4.78 is 5.17. The van der Waals surface area contributed by atoms with Gasteiger partial charge in [-0.3, -0.25) is 4.79 Å². The quantitative estimate of drug-likeness (QED) is 0.620. The van der Waals surface area contributed by atoms with Crippen molar-refractivity contribution in [3.8, 4) is 5.75 Å². The van der Waals surface area contributed by atoms with Crippen molar-refractivity contribution >= 4 is 21.7 Å². The summed E-state index contributed by atoms with van der Waals surface area (Å²) in [6.45, 7) is 3.88. The van der Waals surface area contributed by atoms with E-state index in [4.69, 9.17) is 4.74 Å². The van der Waals surface area contributed by atoms with E-state index in [-0.39, 0.29) is 10.6 Å². The molecule has 0 aliphatic rings. The molecule has 3 heteroatoms. The van der Waals surface area contributed by atoms with Crippen LogP contribution in [0.5, 0.6) is 5.75 Å². The maximum atomic E-state index is 11.9. The van der Waals surface area contributed by atoms with Crippen LogP contribution in [0, 0.1) is 0 Å². The van der Waals surface area contributed by atoms with Crippen molar-refractivity contribution in [1.29, 1.82) is 0 Å². The first-order valence-electron chi connectivity index (χ1n) is 4.95. The maximum absolute atomic E-state index is 11.9. The van der Waals surface area contributed by atoms with E-state index in [2.05, 4.69) is 22.9 Å². The monoisotopic (exact) mass is 270 g/mol. The summed E-state index contributed by atoms with van der Waals surface area (Å²) in [4.78, 5) is 11.7. The van der Waals surface area contributed by atoms with Crippen LogP contribution in [-0.4, -0.2) is 17.7 Å². The normalized spacial score (nSPS) is 12.3. The number of hydrogen-bond acceptors (Lipinski definition) is 2. The maximum Gasteiger partial charge on any atom is 0.179 e. The fraction of sp³-hybridized carbons (Fsp3) is 0.417. The van der Waals surface area contributed by atoms with Crippen LogP contribution in [0.2, 0.25) is 0 Å². The minimum Gasteiger partial charge on any atom is -0.496 e. The van der Waals surface area contributed by atoms with Gasteiger partial charge in [-0.25, -0.2) is 0 Å². The lowest BCUT2D eigenvalue weighted by Crippen LogP contribution is -2.11. The third-order valence-electron chi connectivity index (χ3n) is 2.30. The number of hydrogen-bond donors (Lipinski definition) is 0. The molecule has 0 N–H and O–H groups in total. The first-order chi connectivity index (χ1) is 7.10. The Hall–Kier alpha value is -0.830. The van der Waals surface area contributed by atoms with E-state index in [0.717, 1.165) is 12.0 Å². The molecule has 0 aliphatic heterocycles. The molecule has 1 atom stereocenters. The third kappa shape index (κ3) is 2.81. The molecule has 0 saturated carbocycles. The number of carbonyl (C=O) groups excluding carboxylic acids is 1. The summed E-state index contributed by atoms with van der Waals surface area (Å²) in [5, 5.41) is 0. The summed E-state index contributed by atoms with van der Waals surface area (Å²) >= 11 is 3.28. The number of alkyl halides is 1. The fourth-order valence-electron chi connectivity index (χ4n) is 1.38. The lowest BCUT2D eigenvalue weighted by molar-refractivity contribution is 0.0993. The predicted octanol–water partition coefficient (Wildman–Crippen LogP) is 3.22. The number of carbonyl (C=O) groups is 1.